The fraction of sp³-hybridized carbons (Fsp3) is 0.292. The Morgan fingerprint density at radius 3 is 2.71 bits per heavy atom. The summed E-state index contributed by atoms with van der Waals surface area (Å²) in [4.78, 5) is 28.7. The molecule has 0 amide bonds. The molecule has 0 radical (unpaired) electrons. The molecule has 0 atom stereocenters. The average molecular weight is 422 g/mol. The first kappa shape index (κ1) is 22.1. The molecule has 3 aromatic rings. The topological polar surface area (TPSA) is 79.1 Å². The molecule has 7 heteroatoms. The van der Waals surface area contributed by atoms with E-state index in [0.717, 1.165) is 17.5 Å². The summed E-state index contributed by atoms with van der Waals surface area (Å²) in [6, 6.07) is 10.5. The Morgan fingerprint density at radius 1 is 1.10 bits per heavy atom. The molecule has 7 nitrogen and oxygen atoms in total. The van der Waals surface area contributed by atoms with Gasteiger partial charge in [-0.3, -0.25) is 9.20 Å². The van der Waals surface area contributed by atoms with E-state index in [4.69, 9.17) is 14.2 Å². The first-order valence-electron chi connectivity index (χ1n) is 10.2. The smallest absolute Gasteiger partial charge is 0.331 e. The van der Waals surface area contributed by atoms with E-state index in [2.05, 4.69) is 4.98 Å². The molecule has 1 aromatic carbocycles. The van der Waals surface area contributed by atoms with Gasteiger partial charge in [0.25, 0.3) is 5.56 Å². The van der Waals surface area contributed by atoms with Crippen LogP contribution in [0.3, 0.4) is 0 Å². The molecule has 2 aromatic heterocycles. The van der Waals surface area contributed by atoms with Crippen molar-refractivity contribution in [3.63, 3.8) is 0 Å². The van der Waals surface area contributed by atoms with Crippen molar-refractivity contribution in [3.8, 4) is 11.5 Å². The summed E-state index contributed by atoms with van der Waals surface area (Å²) >= 11 is 0. The van der Waals surface area contributed by atoms with Crippen LogP contribution in [0.1, 0.15) is 37.1 Å². The van der Waals surface area contributed by atoms with Crippen LogP contribution < -0.4 is 15.0 Å². The predicted octanol–water partition coefficient (Wildman–Crippen LogP) is 3.95. The van der Waals surface area contributed by atoms with Crippen molar-refractivity contribution in [2.75, 3.05) is 13.2 Å². The lowest BCUT2D eigenvalue weighted by atomic mass is 10.2. The van der Waals surface area contributed by atoms with Crippen molar-refractivity contribution in [3.05, 3.63) is 75.8 Å². The second kappa shape index (κ2) is 10.4. The second-order valence-electron chi connectivity index (χ2n) is 6.95. The van der Waals surface area contributed by atoms with Gasteiger partial charge in [-0.15, -0.1) is 0 Å². The van der Waals surface area contributed by atoms with E-state index >= 15 is 0 Å². The lowest BCUT2D eigenvalue weighted by molar-refractivity contribution is -0.139. The zero-order valence-electron chi connectivity index (χ0n) is 18.0. The van der Waals surface area contributed by atoms with E-state index in [1.807, 2.05) is 45.0 Å². The maximum atomic E-state index is 12.2. The van der Waals surface area contributed by atoms with Gasteiger partial charge in [0.2, 0.25) is 0 Å². The number of aromatic nitrogens is 2. The fourth-order valence-corrected chi connectivity index (χ4v) is 2.92. The van der Waals surface area contributed by atoms with Gasteiger partial charge in [0.15, 0.2) is 11.5 Å². The quantitative estimate of drug-likeness (QED) is 0.384. The molecule has 0 saturated heterocycles. The second-order valence-corrected chi connectivity index (χ2v) is 6.95. The van der Waals surface area contributed by atoms with Gasteiger partial charge < -0.3 is 14.2 Å². The summed E-state index contributed by atoms with van der Waals surface area (Å²) in [5.74, 6) is 0.769. The predicted molar refractivity (Wildman–Crippen MR) is 118 cm³/mol. The molecule has 0 aliphatic carbocycles. The van der Waals surface area contributed by atoms with E-state index in [0.29, 0.717) is 36.1 Å². The highest BCUT2D eigenvalue weighted by atomic mass is 16.5. The Hall–Kier alpha value is -3.61. The van der Waals surface area contributed by atoms with Crippen molar-refractivity contribution in [1.82, 2.24) is 9.38 Å². The van der Waals surface area contributed by atoms with Crippen molar-refractivity contribution in [2.24, 2.45) is 0 Å². The largest absolute Gasteiger partial charge is 0.490 e. The van der Waals surface area contributed by atoms with Crippen LogP contribution in [0, 0.1) is 6.92 Å². The average Bonchev–Trinajstić information content (AvgIpc) is 2.76. The summed E-state index contributed by atoms with van der Waals surface area (Å²) in [5, 5.41) is 0. The lowest BCUT2D eigenvalue weighted by Gasteiger charge is -2.12. The van der Waals surface area contributed by atoms with E-state index in [9.17, 15) is 9.59 Å². The highest BCUT2D eigenvalue weighted by Gasteiger charge is 2.07. The normalized spacial score (nSPS) is 11.1. The van der Waals surface area contributed by atoms with Crippen LogP contribution in [0.2, 0.25) is 0 Å². The molecule has 31 heavy (non-hydrogen) atoms. The van der Waals surface area contributed by atoms with Crippen molar-refractivity contribution in [1.29, 1.82) is 0 Å². The molecular formula is C24H26N2O5. The molecule has 2 heterocycles. The summed E-state index contributed by atoms with van der Waals surface area (Å²) < 4.78 is 18.0. The van der Waals surface area contributed by atoms with Gasteiger partial charge in [-0.1, -0.05) is 19.1 Å². The van der Waals surface area contributed by atoms with Crippen molar-refractivity contribution in [2.45, 2.75) is 33.8 Å². The maximum absolute atomic E-state index is 12.2. The Bertz CT molecular complexity index is 1150. The number of carbonyl (C=O) groups is 1. The van der Waals surface area contributed by atoms with E-state index in [1.54, 1.807) is 18.3 Å². The Balaban J connectivity index is 1.65. The first-order valence-corrected chi connectivity index (χ1v) is 10.2. The van der Waals surface area contributed by atoms with Gasteiger partial charge in [0.05, 0.1) is 18.9 Å². The first-order chi connectivity index (χ1) is 15.0. The van der Waals surface area contributed by atoms with Crippen LogP contribution in [-0.2, 0) is 16.1 Å². The number of ether oxygens (including phenoxy) is 3. The SMILES string of the molecule is CCCOc1ccc(/C=C/C(=O)OCc2cc(=O)n3cc(C)ccc3n2)cc1OCC. The van der Waals surface area contributed by atoms with Crippen LogP contribution in [0.25, 0.3) is 11.7 Å². The van der Waals surface area contributed by atoms with Crippen molar-refractivity contribution < 1.29 is 19.0 Å². The third-order valence-electron chi connectivity index (χ3n) is 4.36. The van der Waals surface area contributed by atoms with Gasteiger partial charge in [-0.25, -0.2) is 9.78 Å². The number of hydrogen-bond donors (Lipinski definition) is 0. The summed E-state index contributed by atoms with van der Waals surface area (Å²) in [6.45, 7) is 6.86. The van der Waals surface area contributed by atoms with Gasteiger partial charge in [0.1, 0.15) is 12.3 Å². The molecule has 0 aliphatic rings. The Morgan fingerprint density at radius 2 is 1.94 bits per heavy atom. The number of esters is 1. The van der Waals surface area contributed by atoms with Gasteiger partial charge in [-0.2, -0.15) is 0 Å². The van der Waals surface area contributed by atoms with E-state index in [1.165, 1.54) is 16.5 Å². The summed E-state index contributed by atoms with van der Waals surface area (Å²) in [7, 11) is 0. The van der Waals surface area contributed by atoms with Crippen LogP contribution >= 0.6 is 0 Å². The highest BCUT2D eigenvalue weighted by Crippen LogP contribution is 2.29. The minimum absolute atomic E-state index is 0.0865. The molecule has 0 aliphatic heterocycles. The van der Waals surface area contributed by atoms with Crippen LogP contribution in [0.5, 0.6) is 11.5 Å². The number of aryl methyl sites for hydroxylation is 1. The Labute approximate surface area is 180 Å². The lowest BCUT2D eigenvalue weighted by Crippen LogP contribution is -2.16. The maximum Gasteiger partial charge on any atom is 0.331 e. The van der Waals surface area contributed by atoms with Gasteiger partial charge >= 0.3 is 5.97 Å². The number of hydrogen-bond acceptors (Lipinski definition) is 6. The Kier molecular flexibility index (Phi) is 7.43. The standard InChI is InChI=1S/C24H26N2O5/c1-4-12-30-20-9-7-18(13-21(20)29-5-2)8-11-24(28)31-16-19-14-23(27)26-15-17(3)6-10-22(26)25-19/h6-11,13-15H,4-5,12,16H2,1-3H3/b11-8+. The van der Waals surface area contributed by atoms with Crippen LogP contribution in [0.4, 0.5) is 0 Å². The van der Waals surface area contributed by atoms with Crippen molar-refractivity contribution >= 4 is 17.7 Å². The van der Waals surface area contributed by atoms with Crippen LogP contribution in [-0.4, -0.2) is 28.6 Å². The van der Waals surface area contributed by atoms with E-state index < -0.39 is 5.97 Å². The molecule has 3 rings (SSSR count). The molecule has 0 spiro atoms. The number of benzene rings is 1. The molecular weight excluding hydrogens is 396 g/mol. The fourth-order valence-electron chi connectivity index (χ4n) is 2.92. The zero-order valence-corrected chi connectivity index (χ0v) is 18.0. The molecule has 0 unspecified atom stereocenters. The number of pyridine rings is 1. The molecule has 0 N–H and O–H groups in total. The summed E-state index contributed by atoms with van der Waals surface area (Å²) in [5.41, 5.74) is 2.42. The third kappa shape index (κ3) is 5.94. The van der Waals surface area contributed by atoms with E-state index in [-0.39, 0.29) is 12.2 Å². The number of carbonyl (C=O) groups excluding carboxylic acids is 1. The molecule has 0 fully saturated rings. The number of nitrogens with zero attached hydrogens (tertiary/aromatic N) is 2. The monoisotopic (exact) mass is 422 g/mol. The van der Waals surface area contributed by atoms with Gasteiger partial charge in [0, 0.05) is 18.3 Å². The molecule has 0 bridgehead atoms. The minimum Gasteiger partial charge on any atom is -0.490 e. The molecule has 162 valence electrons. The summed E-state index contributed by atoms with van der Waals surface area (Å²) in [6.07, 6.45) is 5.59. The minimum atomic E-state index is -0.532. The van der Waals surface area contributed by atoms with Crippen LogP contribution in [0.15, 0.2) is 53.5 Å². The number of rotatable bonds is 9. The zero-order chi connectivity index (χ0) is 22.2. The van der Waals surface area contributed by atoms with Gasteiger partial charge in [-0.05, 0) is 55.7 Å². The molecule has 0 saturated carbocycles. The highest BCUT2D eigenvalue weighted by molar-refractivity contribution is 5.87. The third-order valence-corrected chi connectivity index (χ3v) is 4.36. The number of fused-ring (bicyclic) bond motifs is 1.